The van der Waals surface area contributed by atoms with Crippen molar-refractivity contribution in [3.8, 4) is 5.75 Å². The van der Waals surface area contributed by atoms with E-state index >= 15 is 0 Å². The zero-order valence-corrected chi connectivity index (χ0v) is 19.1. The Labute approximate surface area is 193 Å². The third kappa shape index (κ3) is 5.74. The van der Waals surface area contributed by atoms with Crippen LogP contribution in [0.15, 0.2) is 47.3 Å². The molecule has 0 radical (unpaired) electrons. The van der Waals surface area contributed by atoms with Crippen LogP contribution in [0.1, 0.15) is 44.2 Å². The Morgan fingerprint density at radius 1 is 1.09 bits per heavy atom. The number of hydrogen-bond acceptors (Lipinski definition) is 4. The van der Waals surface area contributed by atoms with Crippen LogP contribution < -0.4 is 20.9 Å². The number of unbranched alkanes of at least 4 members (excludes halogenated alkanes) is 1. The predicted octanol–water partition coefficient (Wildman–Crippen LogP) is 3.18. The Balaban J connectivity index is 1.21. The lowest BCUT2D eigenvalue weighted by molar-refractivity contribution is -0.116. The fourth-order valence-corrected chi connectivity index (χ4v) is 4.65. The standard InChI is InChI=1S/C25H32N4O4/c1-2-3-13-33-21-9-7-20(8-10-21)27-23(30)11-12-26-25(32)28-15-18-14-19(17-28)22-5-4-6-24(31)29(22)16-18/h4-10,18-19H,2-3,11-17H2,1H3,(H,26,32)(H,27,30)/t18-,19+/m1/s1. The quantitative estimate of drug-likeness (QED) is 0.602. The average Bonchev–Trinajstić information content (AvgIpc) is 2.81. The number of amides is 3. The summed E-state index contributed by atoms with van der Waals surface area (Å²) in [4.78, 5) is 38.9. The van der Waals surface area contributed by atoms with E-state index in [0.29, 0.717) is 31.9 Å². The van der Waals surface area contributed by atoms with Crippen molar-refractivity contribution < 1.29 is 14.3 Å². The molecule has 2 N–H and O–H groups in total. The molecule has 2 aliphatic heterocycles. The van der Waals surface area contributed by atoms with Crippen molar-refractivity contribution in [1.29, 1.82) is 0 Å². The molecule has 8 nitrogen and oxygen atoms in total. The van der Waals surface area contributed by atoms with Gasteiger partial charge in [-0.15, -0.1) is 0 Å². The summed E-state index contributed by atoms with van der Waals surface area (Å²) >= 11 is 0. The molecule has 176 valence electrons. The summed E-state index contributed by atoms with van der Waals surface area (Å²) in [6.45, 7) is 4.94. The van der Waals surface area contributed by atoms with Gasteiger partial charge >= 0.3 is 6.03 Å². The summed E-state index contributed by atoms with van der Waals surface area (Å²) in [5.41, 5.74) is 1.74. The Morgan fingerprint density at radius 3 is 2.70 bits per heavy atom. The average molecular weight is 453 g/mol. The number of carbonyl (C=O) groups excluding carboxylic acids is 2. The Bertz CT molecular complexity index is 1030. The predicted molar refractivity (Wildman–Crippen MR) is 127 cm³/mol. The number of piperidine rings is 1. The van der Waals surface area contributed by atoms with Gasteiger partial charge in [-0.3, -0.25) is 9.59 Å². The fraction of sp³-hybridized carbons (Fsp3) is 0.480. The second kappa shape index (κ2) is 10.6. The van der Waals surface area contributed by atoms with E-state index in [1.807, 2.05) is 39.8 Å². The number of aromatic nitrogens is 1. The highest BCUT2D eigenvalue weighted by molar-refractivity contribution is 5.91. The van der Waals surface area contributed by atoms with Crippen LogP contribution in [0, 0.1) is 5.92 Å². The molecule has 2 aliphatic rings. The Morgan fingerprint density at radius 2 is 1.91 bits per heavy atom. The number of pyridine rings is 1. The molecule has 33 heavy (non-hydrogen) atoms. The van der Waals surface area contributed by atoms with Gasteiger partial charge < -0.3 is 24.8 Å². The molecule has 3 heterocycles. The molecule has 1 fully saturated rings. The van der Waals surface area contributed by atoms with E-state index in [9.17, 15) is 14.4 Å². The molecule has 1 aromatic carbocycles. The molecule has 0 unspecified atom stereocenters. The maximum Gasteiger partial charge on any atom is 0.317 e. The number of benzene rings is 1. The topological polar surface area (TPSA) is 92.7 Å². The molecular weight excluding hydrogens is 420 g/mol. The summed E-state index contributed by atoms with van der Waals surface area (Å²) in [6, 6.07) is 12.5. The van der Waals surface area contributed by atoms with Gasteiger partial charge in [0.1, 0.15) is 5.75 Å². The van der Waals surface area contributed by atoms with E-state index in [1.165, 1.54) is 0 Å². The normalized spacial score (nSPS) is 18.9. The SMILES string of the molecule is CCCCOc1ccc(NC(=O)CCNC(=O)N2C[C@H]3C[C@@H](C2)c2cccc(=O)n2C3)cc1. The van der Waals surface area contributed by atoms with Crippen molar-refractivity contribution in [1.82, 2.24) is 14.8 Å². The zero-order valence-electron chi connectivity index (χ0n) is 19.1. The monoisotopic (exact) mass is 452 g/mol. The van der Waals surface area contributed by atoms with Crippen LogP contribution in [-0.2, 0) is 11.3 Å². The van der Waals surface area contributed by atoms with Crippen molar-refractivity contribution in [3.05, 3.63) is 58.5 Å². The van der Waals surface area contributed by atoms with E-state index < -0.39 is 0 Å². The molecule has 0 saturated carbocycles. The summed E-state index contributed by atoms with van der Waals surface area (Å²) in [5, 5.41) is 5.72. The van der Waals surface area contributed by atoms with E-state index in [4.69, 9.17) is 4.74 Å². The molecule has 3 amide bonds. The van der Waals surface area contributed by atoms with Crippen LogP contribution in [0.25, 0.3) is 0 Å². The van der Waals surface area contributed by atoms with Crippen LogP contribution in [0.3, 0.4) is 0 Å². The minimum Gasteiger partial charge on any atom is -0.494 e. The van der Waals surface area contributed by atoms with Gasteiger partial charge in [0.25, 0.3) is 5.56 Å². The van der Waals surface area contributed by atoms with Gasteiger partial charge in [0, 0.05) is 56.0 Å². The number of ether oxygens (including phenoxy) is 1. The van der Waals surface area contributed by atoms with Crippen molar-refractivity contribution in [2.75, 3.05) is 31.6 Å². The number of carbonyl (C=O) groups is 2. The number of fused-ring (bicyclic) bond motifs is 4. The number of nitrogens with zero attached hydrogens (tertiary/aromatic N) is 2. The van der Waals surface area contributed by atoms with Gasteiger partial charge in [-0.2, -0.15) is 0 Å². The van der Waals surface area contributed by atoms with Gasteiger partial charge in [-0.1, -0.05) is 19.4 Å². The van der Waals surface area contributed by atoms with Crippen LogP contribution >= 0.6 is 0 Å². The Hall–Kier alpha value is -3.29. The summed E-state index contributed by atoms with van der Waals surface area (Å²) in [5.74, 6) is 1.08. The van der Waals surface area contributed by atoms with Crippen molar-refractivity contribution >= 4 is 17.6 Å². The van der Waals surface area contributed by atoms with E-state index in [1.54, 1.807) is 12.1 Å². The highest BCUT2D eigenvalue weighted by Crippen LogP contribution is 2.34. The van der Waals surface area contributed by atoms with Gasteiger partial charge in [-0.05, 0) is 49.1 Å². The largest absolute Gasteiger partial charge is 0.494 e. The summed E-state index contributed by atoms with van der Waals surface area (Å²) < 4.78 is 7.48. The third-order valence-electron chi connectivity index (χ3n) is 6.30. The molecule has 0 spiro atoms. The van der Waals surface area contributed by atoms with E-state index in [0.717, 1.165) is 30.7 Å². The number of hydrogen-bond donors (Lipinski definition) is 2. The van der Waals surface area contributed by atoms with E-state index in [-0.39, 0.29) is 42.3 Å². The number of rotatable bonds is 8. The first-order chi connectivity index (χ1) is 16.0. The minimum absolute atomic E-state index is 0.0322. The van der Waals surface area contributed by atoms with Gasteiger partial charge in [0.05, 0.1) is 6.61 Å². The number of urea groups is 1. The van der Waals surface area contributed by atoms with Gasteiger partial charge in [0.2, 0.25) is 5.91 Å². The third-order valence-corrected chi connectivity index (χ3v) is 6.30. The van der Waals surface area contributed by atoms with Crippen LogP contribution in [0.4, 0.5) is 10.5 Å². The lowest BCUT2D eigenvalue weighted by Gasteiger charge is -2.42. The highest BCUT2D eigenvalue weighted by atomic mass is 16.5. The lowest BCUT2D eigenvalue weighted by Crippen LogP contribution is -2.52. The van der Waals surface area contributed by atoms with Crippen molar-refractivity contribution in [2.45, 2.75) is 45.1 Å². The molecule has 4 rings (SSSR count). The van der Waals surface area contributed by atoms with Crippen LogP contribution in [0.5, 0.6) is 5.75 Å². The zero-order chi connectivity index (χ0) is 23.2. The Kier molecular flexibility index (Phi) is 7.32. The summed E-state index contributed by atoms with van der Waals surface area (Å²) in [6.07, 6.45) is 3.28. The van der Waals surface area contributed by atoms with Crippen molar-refractivity contribution in [2.24, 2.45) is 5.92 Å². The lowest BCUT2D eigenvalue weighted by atomic mass is 9.83. The second-order valence-corrected chi connectivity index (χ2v) is 8.86. The molecule has 1 saturated heterocycles. The van der Waals surface area contributed by atoms with E-state index in [2.05, 4.69) is 17.6 Å². The number of nitrogens with one attached hydrogen (secondary N) is 2. The minimum atomic E-state index is -0.155. The fourth-order valence-electron chi connectivity index (χ4n) is 4.65. The molecule has 2 bridgehead atoms. The summed E-state index contributed by atoms with van der Waals surface area (Å²) in [7, 11) is 0. The van der Waals surface area contributed by atoms with Gasteiger partial charge in [-0.25, -0.2) is 4.79 Å². The highest BCUT2D eigenvalue weighted by Gasteiger charge is 2.36. The van der Waals surface area contributed by atoms with Crippen LogP contribution in [0.2, 0.25) is 0 Å². The maximum absolute atomic E-state index is 12.7. The molecular formula is C25H32N4O4. The first-order valence-electron chi connectivity index (χ1n) is 11.8. The second-order valence-electron chi connectivity index (χ2n) is 8.86. The van der Waals surface area contributed by atoms with Gasteiger partial charge in [0.15, 0.2) is 0 Å². The molecule has 8 heteroatoms. The number of anilines is 1. The first kappa shape index (κ1) is 22.9. The van der Waals surface area contributed by atoms with Crippen molar-refractivity contribution in [3.63, 3.8) is 0 Å². The molecule has 2 aromatic rings. The molecule has 0 aliphatic carbocycles. The smallest absolute Gasteiger partial charge is 0.317 e. The number of likely N-dealkylation sites (tertiary alicyclic amines) is 1. The maximum atomic E-state index is 12.7. The molecule has 2 atom stereocenters. The molecule has 1 aromatic heterocycles. The van der Waals surface area contributed by atoms with Crippen LogP contribution in [-0.4, -0.2) is 47.6 Å². The first-order valence-corrected chi connectivity index (χ1v) is 11.8.